The van der Waals surface area contributed by atoms with Crippen LogP contribution in [0.5, 0.6) is 11.5 Å². The molecule has 0 aliphatic rings. The highest BCUT2D eigenvalue weighted by molar-refractivity contribution is 6.09. The smallest absolute Gasteiger partial charge is 0.255 e. The number of nitrogens with one attached hydrogen (secondary N) is 1. The van der Waals surface area contributed by atoms with Crippen LogP contribution in [0.2, 0.25) is 0 Å². The number of carbonyl (C=O) groups excluding carboxylic acids is 1. The summed E-state index contributed by atoms with van der Waals surface area (Å²) in [6.45, 7) is 4.83. The normalized spacial score (nSPS) is 10.6. The highest BCUT2D eigenvalue weighted by Crippen LogP contribution is 2.26. The zero-order valence-electron chi connectivity index (χ0n) is 17.7. The highest BCUT2D eigenvalue weighted by atomic mass is 16.5. The average Bonchev–Trinajstić information content (AvgIpc) is 2.80. The van der Waals surface area contributed by atoms with Gasteiger partial charge in [0.05, 0.1) is 6.61 Å². The van der Waals surface area contributed by atoms with Gasteiger partial charge in [-0.1, -0.05) is 54.1 Å². The molecule has 1 N–H and O–H groups in total. The van der Waals surface area contributed by atoms with E-state index in [9.17, 15) is 4.79 Å². The molecule has 0 aromatic heterocycles. The molecule has 31 heavy (non-hydrogen) atoms. The van der Waals surface area contributed by atoms with Gasteiger partial charge in [-0.2, -0.15) is 0 Å². The third-order valence-electron chi connectivity index (χ3n) is 5.08. The molecule has 0 unspecified atom stereocenters. The van der Waals surface area contributed by atoms with E-state index >= 15 is 0 Å². The average molecular weight is 412 g/mol. The van der Waals surface area contributed by atoms with Gasteiger partial charge in [-0.25, -0.2) is 0 Å². The number of ether oxygens (including phenoxy) is 2. The fourth-order valence-electron chi connectivity index (χ4n) is 3.45. The number of rotatable bonds is 7. The number of fused-ring (bicyclic) bond motifs is 1. The summed E-state index contributed by atoms with van der Waals surface area (Å²) in [5.41, 5.74) is 3.34. The van der Waals surface area contributed by atoms with Crippen LogP contribution in [-0.4, -0.2) is 12.5 Å². The second kappa shape index (κ2) is 9.35. The Bertz CT molecular complexity index is 1190. The van der Waals surface area contributed by atoms with Crippen LogP contribution in [0.25, 0.3) is 10.8 Å². The number of carbonyl (C=O) groups is 1. The fraction of sp³-hybridized carbons (Fsp3) is 0.148. The fourth-order valence-corrected chi connectivity index (χ4v) is 3.45. The summed E-state index contributed by atoms with van der Waals surface area (Å²) in [4.78, 5) is 13.0. The molecule has 0 heterocycles. The molecule has 0 saturated carbocycles. The number of anilines is 1. The van der Waals surface area contributed by atoms with Gasteiger partial charge in [-0.3, -0.25) is 4.79 Å². The lowest BCUT2D eigenvalue weighted by molar-refractivity contribution is 0.102. The summed E-state index contributed by atoms with van der Waals surface area (Å²) in [5.74, 6) is 1.32. The van der Waals surface area contributed by atoms with Gasteiger partial charge in [0.2, 0.25) is 0 Å². The predicted molar refractivity (Wildman–Crippen MR) is 125 cm³/mol. The predicted octanol–water partition coefficient (Wildman–Crippen LogP) is 6.38. The van der Waals surface area contributed by atoms with E-state index in [2.05, 4.69) is 5.32 Å². The van der Waals surface area contributed by atoms with Crippen molar-refractivity contribution >= 4 is 22.4 Å². The molecule has 0 aliphatic carbocycles. The summed E-state index contributed by atoms with van der Waals surface area (Å²) in [7, 11) is 0. The summed E-state index contributed by atoms with van der Waals surface area (Å²) >= 11 is 0. The molecule has 1 amide bonds. The van der Waals surface area contributed by atoms with Crippen LogP contribution in [0, 0.1) is 6.92 Å². The van der Waals surface area contributed by atoms with Crippen LogP contribution in [0.3, 0.4) is 0 Å². The summed E-state index contributed by atoms with van der Waals surface area (Å²) in [6, 6.07) is 27.2. The summed E-state index contributed by atoms with van der Waals surface area (Å²) < 4.78 is 11.7. The van der Waals surface area contributed by atoms with Crippen molar-refractivity contribution in [3.05, 3.63) is 102 Å². The number of amides is 1. The second-order valence-corrected chi connectivity index (χ2v) is 7.34. The first-order chi connectivity index (χ1) is 15.1. The highest BCUT2D eigenvalue weighted by Gasteiger charge is 2.13. The van der Waals surface area contributed by atoms with Crippen molar-refractivity contribution < 1.29 is 14.3 Å². The SMILES string of the molecule is CCOc1ccc(C(=O)Nc2cccc3ccccc23)cc1COc1ccc(C)cc1. The maximum absolute atomic E-state index is 13.0. The van der Waals surface area contributed by atoms with Crippen molar-refractivity contribution in [1.29, 1.82) is 0 Å². The third kappa shape index (κ3) is 4.86. The van der Waals surface area contributed by atoms with Crippen LogP contribution in [0.15, 0.2) is 84.9 Å². The molecule has 4 aromatic carbocycles. The van der Waals surface area contributed by atoms with Gasteiger partial charge in [-0.05, 0) is 55.6 Å². The van der Waals surface area contributed by atoms with Gasteiger partial charge in [0.1, 0.15) is 18.1 Å². The number of hydrogen-bond acceptors (Lipinski definition) is 3. The monoisotopic (exact) mass is 411 g/mol. The second-order valence-electron chi connectivity index (χ2n) is 7.34. The van der Waals surface area contributed by atoms with E-state index in [0.717, 1.165) is 33.5 Å². The summed E-state index contributed by atoms with van der Waals surface area (Å²) in [5, 5.41) is 5.13. The van der Waals surface area contributed by atoms with Crippen molar-refractivity contribution in [2.45, 2.75) is 20.5 Å². The van der Waals surface area contributed by atoms with Gasteiger partial charge in [0.15, 0.2) is 0 Å². The van der Waals surface area contributed by atoms with E-state index < -0.39 is 0 Å². The number of hydrogen-bond donors (Lipinski definition) is 1. The standard InChI is InChI=1S/C27H25NO3/c1-3-30-26-16-13-21(17-22(26)18-31-23-14-11-19(2)12-15-23)27(29)28-25-10-6-8-20-7-4-5-9-24(20)25/h4-17H,3,18H2,1-2H3,(H,28,29). The first-order valence-electron chi connectivity index (χ1n) is 10.4. The molecule has 0 bridgehead atoms. The minimum atomic E-state index is -0.170. The van der Waals surface area contributed by atoms with Crippen molar-refractivity contribution in [3.8, 4) is 11.5 Å². The Labute approximate surface area is 182 Å². The van der Waals surface area contributed by atoms with Crippen molar-refractivity contribution in [1.82, 2.24) is 0 Å². The molecule has 4 nitrogen and oxygen atoms in total. The van der Waals surface area contributed by atoms with Gasteiger partial charge in [0, 0.05) is 22.2 Å². The third-order valence-corrected chi connectivity index (χ3v) is 5.08. The minimum Gasteiger partial charge on any atom is -0.493 e. The van der Waals surface area contributed by atoms with Gasteiger partial charge in [-0.15, -0.1) is 0 Å². The van der Waals surface area contributed by atoms with Crippen LogP contribution >= 0.6 is 0 Å². The van der Waals surface area contributed by atoms with Crippen LogP contribution in [0.4, 0.5) is 5.69 Å². The number of benzene rings is 4. The Morgan fingerprint density at radius 3 is 2.45 bits per heavy atom. The first-order valence-corrected chi connectivity index (χ1v) is 10.4. The maximum atomic E-state index is 13.0. The van der Waals surface area contributed by atoms with Crippen LogP contribution in [0.1, 0.15) is 28.4 Å². The lowest BCUT2D eigenvalue weighted by Gasteiger charge is -2.14. The zero-order chi connectivity index (χ0) is 21.6. The molecule has 0 fully saturated rings. The maximum Gasteiger partial charge on any atom is 0.255 e. The lowest BCUT2D eigenvalue weighted by Crippen LogP contribution is -2.13. The Hall–Kier alpha value is -3.79. The van der Waals surface area contributed by atoms with E-state index in [-0.39, 0.29) is 5.91 Å². The topological polar surface area (TPSA) is 47.6 Å². The van der Waals surface area contributed by atoms with Gasteiger partial charge < -0.3 is 14.8 Å². The molecular formula is C27H25NO3. The largest absolute Gasteiger partial charge is 0.493 e. The van der Waals surface area contributed by atoms with Crippen LogP contribution in [-0.2, 0) is 6.61 Å². The quantitative estimate of drug-likeness (QED) is 0.384. The molecule has 0 radical (unpaired) electrons. The molecule has 4 heteroatoms. The minimum absolute atomic E-state index is 0.170. The van der Waals surface area contributed by atoms with Gasteiger partial charge in [0.25, 0.3) is 5.91 Å². The number of aryl methyl sites for hydroxylation is 1. The molecule has 0 atom stereocenters. The molecule has 0 saturated heterocycles. The molecular weight excluding hydrogens is 386 g/mol. The first kappa shape index (κ1) is 20.5. The lowest BCUT2D eigenvalue weighted by atomic mass is 10.1. The van der Waals surface area contributed by atoms with Gasteiger partial charge >= 0.3 is 0 Å². The Morgan fingerprint density at radius 1 is 0.871 bits per heavy atom. The van der Waals surface area contributed by atoms with Crippen molar-refractivity contribution in [2.75, 3.05) is 11.9 Å². The Morgan fingerprint density at radius 2 is 1.65 bits per heavy atom. The van der Waals surface area contributed by atoms with E-state index in [1.165, 1.54) is 5.56 Å². The summed E-state index contributed by atoms with van der Waals surface area (Å²) in [6.07, 6.45) is 0. The molecule has 4 rings (SSSR count). The van der Waals surface area contributed by atoms with E-state index in [0.29, 0.717) is 18.8 Å². The molecule has 0 spiro atoms. The Kier molecular flexibility index (Phi) is 6.18. The molecule has 0 aliphatic heterocycles. The van der Waals surface area contributed by atoms with E-state index in [4.69, 9.17) is 9.47 Å². The molecule has 156 valence electrons. The zero-order valence-corrected chi connectivity index (χ0v) is 17.7. The van der Waals surface area contributed by atoms with E-state index in [1.807, 2.05) is 92.7 Å². The van der Waals surface area contributed by atoms with E-state index in [1.54, 1.807) is 6.07 Å². The van der Waals surface area contributed by atoms with Crippen molar-refractivity contribution in [2.24, 2.45) is 0 Å². The molecule has 4 aromatic rings. The van der Waals surface area contributed by atoms with Crippen molar-refractivity contribution in [3.63, 3.8) is 0 Å². The van der Waals surface area contributed by atoms with Crippen LogP contribution < -0.4 is 14.8 Å². The Balaban J connectivity index is 1.56.